The Morgan fingerprint density at radius 1 is 0.978 bits per heavy atom. The number of ether oxygens (including phenoxy) is 4. The summed E-state index contributed by atoms with van der Waals surface area (Å²) in [4.78, 5) is 25.5. The van der Waals surface area contributed by atoms with Crippen molar-refractivity contribution in [2.24, 2.45) is 45.3 Å². The van der Waals surface area contributed by atoms with Crippen LogP contribution in [0.1, 0.15) is 113 Å². The van der Waals surface area contributed by atoms with Gasteiger partial charge in [0.2, 0.25) is 0 Å². The summed E-state index contributed by atoms with van der Waals surface area (Å²) in [5.41, 5.74) is -0.0225. The molecule has 0 aromatic rings. The number of hydrogen-bond donors (Lipinski definition) is 2. The topological polar surface area (TPSA) is 115 Å². The van der Waals surface area contributed by atoms with E-state index in [4.69, 9.17) is 18.9 Å². The van der Waals surface area contributed by atoms with E-state index in [2.05, 4.69) is 20.8 Å². The number of rotatable bonds is 7. The molecule has 2 N–H and O–H groups in total. The van der Waals surface area contributed by atoms with Gasteiger partial charge in [-0.1, -0.05) is 20.8 Å². The van der Waals surface area contributed by atoms with Crippen molar-refractivity contribution in [3.63, 3.8) is 0 Å². The van der Waals surface area contributed by atoms with E-state index in [0.717, 1.165) is 31.6 Å². The molecule has 0 bridgehead atoms. The minimum Gasteiger partial charge on any atom is -0.480 e. The summed E-state index contributed by atoms with van der Waals surface area (Å²) in [5.74, 6) is 1.37. The molecular weight excluding hydrogens is 586 g/mol. The number of fused-ring (bicyclic) bond motifs is 4. The molecule has 0 aromatic heterocycles. The summed E-state index contributed by atoms with van der Waals surface area (Å²) in [7, 11) is 0. The third kappa shape index (κ3) is 4.94. The Labute approximate surface area is 275 Å². The van der Waals surface area contributed by atoms with Crippen LogP contribution in [0.25, 0.3) is 0 Å². The van der Waals surface area contributed by atoms with Crippen LogP contribution in [0.4, 0.5) is 0 Å². The monoisotopic (exact) mass is 645 g/mol. The average Bonchev–Trinajstić information content (AvgIpc) is 3.56. The van der Waals surface area contributed by atoms with Crippen molar-refractivity contribution in [3.05, 3.63) is 0 Å². The molecule has 5 aliphatic carbocycles. The molecule has 0 amide bonds. The molecule has 2 spiro atoms. The number of esters is 1. The van der Waals surface area contributed by atoms with Gasteiger partial charge in [0.05, 0.1) is 37.1 Å². The molecule has 7 aliphatic rings. The van der Waals surface area contributed by atoms with Gasteiger partial charge < -0.3 is 29.2 Å². The number of nitrogens with zero attached hydrogens (tertiary/aromatic N) is 1. The molecular formula is C37H59NO8. The highest BCUT2D eigenvalue weighted by atomic mass is 16.7. The largest absolute Gasteiger partial charge is 0.480 e. The fourth-order valence-electron chi connectivity index (χ4n) is 13.0. The number of morpholine rings is 1. The van der Waals surface area contributed by atoms with Crippen molar-refractivity contribution in [1.29, 1.82) is 0 Å². The SMILES string of the molecule is CC(=O)O[C@@H](C1CCC2C(CC3C4CCC5C(C)(C)[C@@H](OC6CN(C(C)C(=O)O)CCO6)CC[C@@]56C[C@@]46CCC23C)O1)C(C)(C)O. The minimum atomic E-state index is -1.16. The number of hydrogen-bond acceptors (Lipinski definition) is 8. The normalized spacial score (nSPS) is 47.7. The molecule has 2 saturated heterocycles. The molecule has 2 aliphatic heterocycles. The zero-order valence-corrected chi connectivity index (χ0v) is 29.3. The second-order valence-electron chi connectivity index (χ2n) is 17.9. The maximum absolute atomic E-state index is 11.9. The van der Waals surface area contributed by atoms with Gasteiger partial charge in [0.15, 0.2) is 12.4 Å². The molecule has 9 nitrogen and oxygen atoms in total. The second kappa shape index (κ2) is 11.1. The van der Waals surface area contributed by atoms with Crippen molar-refractivity contribution in [2.45, 2.75) is 155 Å². The third-order valence-corrected chi connectivity index (χ3v) is 15.2. The summed E-state index contributed by atoms with van der Waals surface area (Å²) in [6, 6.07) is -0.538. The van der Waals surface area contributed by atoms with Gasteiger partial charge in [-0.15, -0.1) is 0 Å². The van der Waals surface area contributed by atoms with Crippen LogP contribution in [0.15, 0.2) is 0 Å². The van der Waals surface area contributed by atoms with Crippen molar-refractivity contribution >= 4 is 11.9 Å². The summed E-state index contributed by atoms with van der Waals surface area (Å²) in [6.45, 7) is 15.7. The van der Waals surface area contributed by atoms with Crippen molar-refractivity contribution in [2.75, 3.05) is 19.7 Å². The second-order valence-corrected chi connectivity index (χ2v) is 17.9. The Balaban J connectivity index is 1.05. The van der Waals surface area contributed by atoms with E-state index < -0.39 is 23.7 Å². The molecule has 2 heterocycles. The van der Waals surface area contributed by atoms with E-state index in [1.165, 1.54) is 45.4 Å². The first-order chi connectivity index (χ1) is 21.5. The minimum absolute atomic E-state index is 0.0281. The first-order valence-electron chi connectivity index (χ1n) is 18.3. The van der Waals surface area contributed by atoms with Gasteiger partial charge >= 0.3 is 11.9 Å². The molecule has 46 heavy (non-hydrogen) atoms. The Morgan fingerprint density at radius 3 is 2.41 bits per heavy atom. The number of carboxylic acids is 1. The number of aliphatic hydroxyl groups is 1. The van der Waals surface area contributed by atoms with Gasteiger partial charge in [0.1, 0.15) is 6.04 Å². The first-order valence-corrected chi connectivity index (χ1v) is 18.3. The van der Waals surface area contributed by atoms with Crippen molar-refractivity contribution in [3.8, 4) is 0 Å². The van der Waals surface area contributed by atoms with Crippen LogP contribution in [-0.2, 0) is 28.5 Å². The summed E-state index contributed by atoms with van der Waals surface area (Å²) < 4.78 is 25.3. The number of carboxylic acid groups (broad SMARTS) is 1. The van der Waals surface area contributed by atoms with E-state index in [0.29, 0.717) is 48.3 Å². The maximum Gasteiger partial charge on any atom is 0.320 e. The molecule has 260 valence electrons. The standard InChI is InChI=1S/C37H59NO8/c1-21(32(40)41)38-16-17-43-30(19-38)46-29-12-13-37-20-36(37)15-14-35(7)24-8-10-26(31(34(5,6)42)44-22(2)39)45-27(24)18-25(35)23(36)9-11-28(37)33(29,3)4/h21,23-31,42H,8-20H2,1-7H3,(H,40,41)/t21?,23?,24?,25?,26?,27?,28?,29-,30?,31-,35?,36-,37+/m0/s1. The Kier molecular flexibility index (Phi) is 8.04. The predicted molar refractivity (Wildman–Crippen MR) is 171 cm³/mol. The third-order valence-electron chi connectivity index (χ3n) is 15.2. The zero-order valence-electron chi connectivity index (χ0n) is 29.3. The molecule has 0 radical (unpaired) electrons. The summed E-state index contributed by atoms with van der Waals surface area (Å²) >= 11 is 0. The molecule has 7 rings (SSSR count). The lowest BCUT2D eigenvalue weighted by atomic mass is 9.46. The lowest BCUT2D eigenvalue weighted by molar-refractivity contribution is -0.247. The van der Waals surface area contributed by atoms with Gasteiger partial charge in [-0.3, -0.25) is 14.5 Å². The number of carbonyl (C=O) groups is 2. The lowest BCUT2D eigenvalue weighted by Crippen LogP contribution is -2.57. The van der Waals surface area contributed by atoms with Gasteiger partial charge in [-0.25, -0.2) is 0 Å². The van der Waals surface area contributed by atoms with Crippen molar-refractivity contribution in [1.82, 2.24) is 4.90 Å². The van der Waals surface area contributed by atoms with Crippen LogP contribution in [-0.4, -0.2) is 89.1 Å². The van der Waals surface area contributed by atoms with Crippen LogP contribution < -0.4 is 0 Å². The maximum atomic E-state index is 11.9. The molecule has 7 fully saturated rings. The van der Waals surface area contributed by atoms with Crippen LogP contribution in [0, 0.1) is 45.3 Å². The summed E-state index contributed by atoms with van der Waals surface area (Å²) in [6.07, 6.45) is 10.7. The zero-order chi connectivity index (χ0) is 33.0. The molecule has 9 heteroatoms. The van der Waals surface area contributed by atoms with E-state index in [1.807, 2.05) is 4.90 Å². The fourth-order valence-corrected chi connectivity index (χ4v) is 13.0. The fraction of sp³-hybridized carbons (Fsp3) is 0.946. The van der Waals surface area contributed by atoms with Crippen LogP contribution >= 0.6 is 0 Å². The Morgan fingerprint density at radius 2 is 1.72 bits per heavy atom. The van der Waals surface area contributed by atoms with Crippen LogP contribution in [0.3, 0.4) is 0 Å². The van der Waals surface area contributed by atoms with Gasteiger partial charge in [-0.2, -0.15) is 0 Å². The van der Waals surface area contributed by atoms with Crippen LogP contribution in [0.5, 0.6) is 0 Å². The molecule has 5 saturated carbocycles. The molecule has 13 atom stereocenters. The predicted octanol–water partition coefficient (Wildman–Crippen LogP) is 5.41. The number of carbonyl (C=O) groups excluding carboxylic acids is 1. The number of aliphatic carboxylic acids is 1. The van der Waals surface area contributed by atoms with Gasteiger partial charge in [-0.05, 0) is 130 Å². The highest BCUT2D eigenvalue weighted by Gasteiger charge is 2.80. The first kappa shape index (κ1) is 33.2. The van der Waals surface area contributed by atoms with Crippen molar-refractivity contribution < 1.29 is 38.7 Å². The van der Waals surface area contributed by atoms with E-state index in [9.17, 15) is 19.8 Å². The van der Waals surface area contributed by atoms with Gasteiger partial charge in [0.25, 0.3) is 0 Å². The summed E-state index contributed by atoms with van der Waals surface area (Å²) in [5, 5.41) is 20.4. The highest BCUT2D eigenvalue weighted by molar-refractivity contribution is 5.72. The molecule has 0 aromatic carbocycles. The van der Waals surface area contributed by atoms with E-state index >= 15 is 0 Å². The van der Waals surface area contributed by atoms with Crippen LogP contribution in [0.2, 0.25) is 0 Å². The van der Waals surface area contributed by atoms with E-state index in [1.54, 1.807) is 20.8 Å². The van der Waals surface area contributed by atoms with E-state index in [-0.39, 0.29) is 41.4 Å². The molecule has 9 unspecified atom stereocenters. The average molecular weight is 646 g/mol. The smallest absolute Gasteiger partial charge is 0.320 e. The highest BCUT2D eigenvalue weighted by Crippen LogP contribution is 2.87. The lowest BCUT2D eigenvalue weighted by Gasteiger charge is -2.60. The van der Waals surface area contributed by atoms with Gasteiger partial charge in [0, 0.05) is 13.5 Å². The Bertz CT molecular complexity index is 1220. The quantitative estimate of drug-likeness (QED) is 0.351. The Hall–Kier alpha value is -1.26.